The van der Waals surface area contributed by atoms with E-state index in [0.717, 1.165) is 29.7 Å². The summed E-state index contributed by atoms with van der Waals surface area (Å²) in [6.07, 6.45) is 6.16. The molecule has 0 saturated carbocycles. The van der Waals surface area contributed by atoms with Crippen molar-refractivity contribution < 1.29 is 18.8 Å². The number of methoxy groups -OCH3 is 2. The van der Waals surface area contributed by atoms with Crippen LogP contribution in [-0.2, 0) is 21.4 Å². The van der Waals surface area contributed by atoms with Crippen molar-refractivity contribution in [3.8, 4) is 17.2 Å². The van der Waals surface area contributed by atoms with E-state index in [1.165, 1.54) is 0 Å². The fourth-order valence-corrected chi connectivity index (χ4v) is 4.25. The average Bonchev–Trinajstić information content (AvgIpc) is 3.35. The van der Waals surface area contributed by atoms with Crippen LogP contribution >= 0.6 is 0 Å². The Kier molecular flexibility index (Phi) is 6.80. The van der Waals surface area contributed by atoms with Gasteiger partial charge >= 0.3 is 0 Å². The number of ether oxygens (including phenoxy) is 2. The second-order valence-corrected chi connectivity index (χ2v) is 8.14. The number of carbonyl (C=O) groups is 1. The predicted molar refractivity (Wildman–Crippen MR) is 118 cm³/mol. The molecule has 3 heterocycles. The molecule has 1 fully saturated rings. The molecule has 4 rings (SSSR count). The Morgan fingerprint density at radius 1 is 1.25 bits per heavy atom. The van der Waals surface area contributed by atoms with Gasteiger partial charge < -0.3 is 18.9 Å². The molecule has 2 aromatic heterocycles. The lowest BCUT2D eigenvalue weighted by atomic mass is 9.76. The number of likely N-dealkylation sites (tertiary alicyclic amines) is 1. The second kappa shape index (κ2) is 9.91. The van der Waals surface area contributed by atoms with Gasteiger partial charge in [-0.2, -0.15) is 4.98 Å². The number of pyridine rings is 1. The molecular formula is C24H28N4O4. The summed E-state index contributed by atoms with van der Waals surface area (Å²) in [5.41, 5.74) is 1.29. The van der Waals surface area contributed by atoms with Gasteiger partial charge in [-0.25, -0.2) is 0 Å². The molecule has 0 bridgehead atoms. The molecule has 0 radical (unpaired) electrons. The highest BCUT2D eigenvalue weighted by Gasteiger charge is 2.42. The number of piperidine rings is 1. The quantitative estimate of drug-likeness (QED) is 0.535. The molecule has 1 amide bonds. The van der Waals surface area contributed by atoms with Crippen molar-refractivity contribution in [2.45, 2.75) is 31.1 Å². The van der Waals surface area contributed by atoms with E-state index in [4.69, 9.17) is 19.0 Å². The minimum atomic E-state index is -0.414. The lowest BCUT2D eigenvalue weighted by Gasteiger charge is -2.41. The first-order chi connectivity index (χ1) is 15.6. The van der Waals surface area contributed by atoms with Crippen molar-refractivity contribution >= 4 is 5.91 Å². The lowest BCUT2D eigenvalue weighted by Crippen LogP contribution is -2.50. The van der Waals surface area contributed by atoms with E-state index in [9.17, 15) is 4.79 Å². The van der Waals surface area contributed by atoms with Crippen LogP contribution in [0.25, 0.3) is 11.5 Å². The van der Waals surface area contributed by atoms with Crippen LogP contribution in [0, 0.1) is 0 Å². The summed E-state index contributed by atoms with van der Waals surface area (Å²) in [7, 11) is 3.31. The second-order valence-electron chi connectivity index (χ2n) is 8.14. The lowest BCUT2D eigenvalue weighted by molar-refractivity contribution is -0.133. The highest BCUT2D eigenvalue weighted by Crippen LogP contribution is 2.37. The molecule has 3 aromatic rings. The molecule has 1 aliphatic rings. The molecule has 1 aliphatic heterocycles. The molecule has 1 aromatic carbocycles. The molecule has 8 heteroatoms. The van der Waals surface area contributed by atoms with Gasteiger partial charge in [0.05, 0.1) is 24.5 Å². The number of amides is 1. The SMILES string of the molecule is COCCC1(c2noc(-c3cccnc3)n2)CCCN(C(=O)Cc2cccc(OC)c2)C1. The summed E-state index contributed by atoms with van der Waals surface area (Å²) in [6.45, 7) is 1.80. The number of rotatable bonds is 8. The van der Waals surface area contributed by atoms with Crippen LogP contribution in [0.2, 0.25) is 0 Å². The minimum Gasteiger partial charge on any atom is -0.497 e. The number of aromatic nitrogens is 3. The molecule has 1 saturated heterocycles. The standard InChI is InChI=1S/C24H28N4O4/c1-30-13-10-24(23-26-22(32-27-23)19-7-4-11-25-16-19)9-5-12-28(17-24)21(29)15-18-6-3-8-20(14-18)31-2/h3-4,6-8,11,14,16H,5,9-10,12-13,15,17H2,1-2H3. The molecule has 0 aliphatic carbocycles. The van der Waals surface area contributed by atoms with E-state index in [1.807, 2.05) is 41.3 Å². The molecule has 1 atom stereocenters. The maximum Gasteiger partial charge on any atom is 0.259 e. The highest BCUT2D eigenvalue weighted by molar-refractivity contribution is 5.79. The van der Waals surface area contributed by atoms with Gasteiger partial charge in [0.1, 0.15) is 5.75 Å². The number of nitrogens with zero attached hydrogens (tertiary/aromatic N) is 4. The van der Waals surface area contributed by atoms with Gasteiger partial charge in [0.15, 0.2) is 5.82 Å². The summed E-state index contributed by atoms with van der Waals surface area (Å²) in [4.78, 5) is 23.9. The zero-order valence-corrected chi connectivity index (χ0v) is 18.5. The average molecular weight is 437 g/mol. The third kappa shape index (κ3) is 4.80. The summed E-state index contributed by atoms with van der Waals surface area (Å²) >= 11 is 0. The van der Waals surface area contributed by atoms with Crippen molar-refractivity contribution in [1.82, 2.24) is 20.0 Å². The summed E-state index contributed by atoms with van der Waals surface area (Å²) in [5.74, 6) is 1.88. The fraction of sp³-hybridized carbons (Fsp3) is 0.417. The van der Waals surface area contributed by atoms with Crippen molar-refractivity contribution in [2.75, 3.05) is 33.9 Å². The third-order valence-electron chi connectivity index (χ3n) is 6.01. The Hall–Kier alpha value is -3.26. The predicted octanol–water partition coefficient (Wildman–Crippen LogP) is 3.28. The summed E-state index contributed by atoms with van der Waals surface area (Å²) < 4.78 is 16.2. The molecule has 168 valence electrons. The first-order valence-corrected chi connectivity index (χ1v) is 10.8. The molecular weight excluding hydrogens is 408 g/mol. The Balaban J connectivity index is 1.55. The largest absolute Gasteiger partial charge is 0.497 e. The topological polar surface area (TPSA) is 90.6 Å². The van der Waals surface area contributed by atoms with Crippen LogP contribution in [0.3, 0.4) is 0 Å². The molecule has 8 nitrogen and oxygen atoms in total. The van der Waals surface area contributed by atoms with E-state index in [0.29, 0.717) is 44.3 Å². The van der Waals surface area contributed by atoms with E-state index in [-0.39, 0.29) is 5.91 Å². The number of carbonyl (C=O) groups excluding carboxylic acids is 1. The normalized spacial score (nSPS) is 18.5. The fourth-order valence-electron chi connectivity index (χ4n) is 4.25. The van der Waals surface area contributed by atoms with Gasteiger partial charge in [-0.15, -0.1) is 0 Å². The highest BCUT2D eigenvalue weighted by atomic mass is 16.5. The van der Waals surface area contributed by atoms with E-state index in [1.54, 1.807) is 26.6 Å². The molecule has 0 N–H and O–H groups in total. The van der Waals surface area contributed by atoms with Crippen molar-refractivity contribution in [3.63, 3.8) is 0 Å². The van der Waals surface area contributed by atoms with E-state index in [2.05, 4.69) is 10.1 Å². The number of hydrogen-bond donors (Lipinski definition) is 0. The van der Waals surface area contributed by atoms with Crippen molar-refractivity contribution in [2.24, 2.45) is 0 Å². The third-order valence-corrected chi connectivity index (χ3v) is 6.01. The Morgan fingerprint density at radius 3 is 2.94 bits per heavy atom. The van der Waals surface area contributed by atoms with Crippen LogP contribution in [-0.4, -0.2) is 59.8 Å². The van der Waals surface area contributed by atoms with E-state index >= 15 is 0 Å². The van der Waals surface area contributed by atoms with Crippen LogP contribution in [0.5, 0.6) is 5.75 Å². The number of benzene rings is 1. The smallest absolute Gasteiger partial charge is 0.259 e. The Labute approximate surface area is 187 Å². The van der Waals surface area contributed by atoms with Gasteiger partial charge in [0, 0.05) is 39.2 Å². The molecule has 0 spiro atoms. The minimum absolute atomic E-state index is 0.0794. The number of hydrogen-bond acceptors (Lipinski definition) is 7. The monoisotopic (exact) mass is 436 g/mol. The van der Waals surface area contributed by atoms with Crippen molar-refractivity contribution in [1.29, 1.82) is 0 Å². The van der Waals surface area contributed by atoms with Gasteiger partial charge in [-0.1, -0.05) is 17.3 Å². The summed E-state index contributed by atoms with van der Waals surface area (Å²) in [6, 6.07) is 11.3. The van der Waals surface area contributed by atoms with Crippen LogP contribution in [0.4, 0.5) is 0 Å². The Morgan fingerprint density at radius 2 is 2.16 bits per heavy atom. The van der Waals surface area contributed by atoms with Gasteiger partial charge in [-0.3, -0.25) is 9.78 Å². The first-order valence-electron chi connectivity index (χ1n) is 10.8. The van der Waals surface area contributed by atoms with Crippen LogP contribution < -0.4 is 4.74 Å². The molecule has 1 unspecified atom stereocenters. The zero-order chi connectivity index (χ0) is 22.4. The van der Waals surface area contributed by atoms with Gasteiger partial charge in [0.2, 0.25) is 5.91 Å². The maximum absolute atomic E-state index is 13.2. The molecule has 32 heavy (non-hydrogen) atoms. The van der Waals surface area contributed by atoms with Gasteiger partial charge in [0.25, 0.3) is 5.89 Å². The van der Waals surface area contributed by atoms with Crippen LogP contribution in [0.1, 0.15) is 30.7 Å². The van der Waals surface area contributed by atoms with Gasteiger partial charge in [-0.05, 0) is 49.1 Å². The van der Waals surface area contributed by atoms with Crippen LogP contribution in [0.15, 0.2) is 53.3 Å². The van der Waals surface area contributed by atoms with Crippen molar-refractivity contribution in [3.05, 3.63) is 60.2 Å². The Bertz CT molecular complexity index is 1040. The maximum atomic E-state index is 13.2. The zero-order valence-electron chi connectivity index (χ0n) is 18.5. The summed E-state index contributed by atoms with van der Waals surface area (Å²) in [5, 5.41) is 4.32. The first kappa shape index (κ1) is 22.0. The van der Waals surface area contributed by atoms with E-state index < -0.39 is 5.41 Å².